The normalized spacial score (nSPS) is 17.1. The highest BCUT2D eigenvalue weighted by Crippen LogP contribution is 2.21. The molecule has 0 aromatic heterocycles. The molecule has 0 aliphatic carbocycles. The van der Waals surface area contributed by atoms with Gasteiger partial charge in [-0.15, -0.1) is 0 Å². The fourth-order valence-electron chi connectivity index (χ4n) is 3.04. The van der Waals surface area contributed by atoms with Crippen LogP contribution in [-0.2, 0) is 19.1 Å². The summed E-state index contributed by atoms with van der Waals surface area (Å²) in [7, 11) is 0. The van der Waals surface area contributed by atoms with Gasteiger partial charge >= 0.3 is 6.09 Å². The number of likely N-dealkylation sites (tertiary alicyclic amines) is 1. The lowest BCUT2D eigenvalue weighted by Gasteiger charge is -2.29. The number of hydrazine groups is 1. The van der Waals surface area contributed by atoms with Crippen molar-refractivity contribution in [2.24, 2.45) is 16.5 Å². The number of ether oxygens (including phenoxy) is 1. The first-order valence-electron chi connectivity index (χ1n) is 10.4. The molecule has 0 radical (unpaired) electrons. The Labute approximate surface area is 190 Å². The second-order valence-electron chi connectivity index (χ2n) is 8.36. The Hall–Kier alpha value is -3.65. The summed E-state index contributed by atoms with van der Waals surface area (Å²) < 4.78 is 5.34. The van der Waals surface area contributed by atoms with E-state index in [1.165, 1.54) is 4.90 Å². The van der Waals surface area contributed by atoms with Crippen LogP contribution in [0.2, 0.25) is 0 Å². The lowest BCUT2D eigenvalue weighted by Crippen LogP contribution is -2.54. The van der Waals surface area contributed by atoms with Gasteiger partial charge in [0, 0.05) is 13.1 Å². The second-order valence-corrected chi connectivity index (χ2v) is 8.36. The van der Waals surface area contributed by atoms with Gasteiger partial charge in [-0.05, 0) is 46.5 Å². The minimum atomic E-state index is -1.06. The van der Waals surface area contributed by atoms with Gasteiger partial charge in [0.2, 0.25) is 17.7 Å². The molecule has 7 N–H and O–H groups in total. The van der Waals surface area contributed by atoms with Crippen molar-refractivity contribution >= 4 is 29.8 Å². The van der Waals surface area contributed by atoms with E-state index in [0.29, 0.717) is 19.4 Å². The number of rotatable bonds is 10. The molecule has 1 aliphatic heterocycles. The molecule has 0 aromatic rings. The molecular formula is C18H32N8O7. The van der Waals surface area contributed by atoms with Crippen molar-refractivity contribution < 1.29 is 28.9 Å². The van der Waals surface area contributed by atoms with Crippen molar-refractivity contribution in [3.05, 3.63) is 10.1 Å². The molecule has 0 unspecified atom stereocenters. The van der Waals surface area contributed by atoms with Crippen molar-refractivity contribution in [2.75, 3.05) is 19.6 Å². The summed E-state index contributed by atoms with van der Waals surface area (Å²) in [6.45, 7) is 5.10. The standard InChI is InChI=1S/C18H32N8O7/c1-18(2,3)33-17(30)25-9-5-7-12(25)15(29)23-11(14(28)22-10-13(19)27)6-4-8-21-16(20)24-26(31)32/h11-12H,4-10H2,1-3H3,(H2,19,27)(H,22,28)(H,23,29)(H3,20,21,24)/t11-,12-/m0/s1. The number of hydrogen-bond acceptors (Lipinski definition) is 8. The minimum absolute atomic E-state index is 0.0373. The fraction of sp³-hybridized carbons (Fsp3) is 0.722. The van der Waals surface area contributed by atoms with Crippen molar-refractivity contribution in [3.8, 4) is 0 Å². The summed E-state index contributed by atoms with van der Waals surface area (Å²) in [6.07, 6.45) is 0.680. The summed E-state index contributed by atoms with van der Waals surface area (Å²) in [4.78, 5) is 64.2. The smallest absolute Gasteiger partial charge is 0.410 e. The lowest BCUT2D eigenvalue weighted by atomic mass is 10.1. The van der Waals surface area contributed by atoms with Crippen LogP contribution >= 0.6 is 0 Å². The minimum Gasteiger partial charge on any atom is -0.444 e. The van der Waals surface area contributed by atoms with E-state index >= 15 is 0 Å². The monoisotopic (exact) mass is 472 g/mol. The highest BCUT2D eigenvalue weighted by molar-refractivity contribution is 5.92. The van der Waals surface area contributed by atoms with E-state index in [2.05, 4.69) is 15.6 Å². The number of hydrogen-bond donors (Lipinski definition) is 5. The third kappa shape index (κ3) is 10.5. The molecule has 15 nitrogen and oxygen atoms in total. The third-order valence-electron chi connectivity index (χ3n) is 4.39. The molecule has 0 aromatic carbocycles. The van der Waals surface area contributed by atoms with Crippen molar-refractivity contribution in [1.29, 1.82) is 0 Å². The largest absolute Gasteiger partial charge is 0.444 e. The zero-order chi connectivity index (χ0) is 25.2. The maximum absolute atomic E-state index is 12.9. The van der Waals surface area contributed by atoms with Gasteiger partial charge in [-0.1, -0.05) is 5.43 Å². The maximum Gasteiger partial charge on any atom is 0.410 e. The number of nitrogens with zero attached hydrogens (tertiary/aromatic N) is 3. The molecule has 2 atom stereocenters. The number of nitrogens with two attached hydrogens (primary N) is 2. The van der Waals surface area contributed by atoms with Crippen LogP contribution in [0.1, 0.15) is 46.5 Å². The molecule has 15 heteroatoms. The van der Waals surface area contributed by atoms with Gasteiger partial charge in [-0.3, -0.25) is 19.3 Å². The van der Waals surface area contributed by atoms with Crippen molar-refractivity contribution in [3.63, 3.8) is 0 Å². The van der Waals surface area contributed by atoms with Crippen LogP contribution in [0.3, 0.4) is 0 Å². The Morgan fingerprint density at radius 3 is 2.52 bits per heavy atom. The van der Waals surface area contributed by atoms with Crippen LogP contribution in [0.5, 0.6) is 0 Å². The Kier molecular flexibility index (Phi) is 10.3. The first kappa shape index (κ1) is 27.4. The molecule has 1 aliphatic rings. The topological polar surface area (TPSA) is 224 Å². The molecule has 4 amide bonds. The number of primary amides is 1. The number of amides is 4. The molecule has 186 valence electrons. The van der Waals surface area contributed by atoms with Gasteiger partial charge in [-0.25, -0.2) is 19.9 Å². The zero-order valence-electron chi connectivity index (χ0n) is 19.0. The average molecular weight is 473 g/mol. The van der Waals surface area contributed by atoms with E-state index in [1.54, 1.807) is 26.2 Å². The van der Waals surface area contributed by atoms with Crippen LogP contribution in [0.25, 0.3) is 0 Å². The average Bonchev–Trinajstić information content (AvgIpc) is 3.16. The van der Waals surface area contributed by atoms with E-state index in [4.69, 9.17) is 16.2 Å². The molecule has 0 spiro atoms. The molecular weight excluding hydrogens is 440 g/mol. The number of carbonyl (C=O) groups excluding carboxylic acids is 4. The SMILES string of the molecule is CC(C)(C)OC(=O)N1CCC[C@H]1C(=O)N[C@@H](CCCN=C(N)N[N+](=O)[O-])C(=O)NCC(N)=O. The van der Waals surface area contributed by atoms with E-state index in [9.17, 15) is 29.3 Å². The fourth-order valence-corrected chi connectivity index (χ4v) is 3.04. The van der Waals surface area contributed by atoms with Crippen LogP contribution in [0.15, 0.2) is 4.99 Å². The first-order chi connectivity index (χ1) is 15.3. The van der Waals surface area contributed by atoms with Crippen molar-refractivity contribution in [2.45, 2.75) is 64.1 Å². The molecule has 0 bridgehead atoms. The number of nitrogens with one attached hydrogen (secondary N) is 3. The summed E-state index contributed by atoms with van der Waals surface area (Å²) in [5.41, 5.74) is 11.3. The molecule has 33 heavy (non-hydrogen) atoms. The van der Waals surface area contributed by atoms with E-state index < -0.39 is 59.0 Å². The molecule has 1 saturated heterocycles. The first-order valence-corrected chi connectivity index (χ1v) is 10.4. The van der Waals surface area contributed by atoms with E-state index in [0.717, 1.165) is 0 Å². The number of aliphatic imine (C=N–C) groups is 1. The Morgan fingerprint density at radius 2 is 1.94 bits per heavy atom. The molecule has 1 heterocycles. The summed E-state index contributed by atoms with van der Waals surface area (Å²) in [6, 6.07) is -1.87. The van der Waals surface area contributed by atoms with Gasteiger partial charge in [0.05, 0.1) is 6.54 Å². The quantitative estimate of drug-likeness (QED) is 0.0805. The van der Waals surface area contributed by atoms with Crippen LogP contribution in [-0.4, -0.2) is 77.0 Å². The summed E-state index contributed by atoms with van der Waals surface area (Å²) in [5.74, 6) is -2.36. The van der Waals surface area contributed by atoms with E-state index in [-0.39, 0.29) is 19.4 Å². The Morgan fingerprint density at radius 1 is 1.27 bits per heavy atom. The van der Waals surface area contributed by atoms with Crippen LogP contribution in [0, 0.1) is 10.1 Å². The summed E-state index contributed by atoms with van der Waals surface area (Å²) in [5, 5.41) is 14.4. The van der Waals surface area contributed by atoms with E-state index in [1.807, 2.05) is 0 Å². The van der Waals surface area contributed by atoms with Gasteiger partial charge in [0.15, 0.2) is 5.03 Å². The number of carbonyl (C=O) groups is 4. The van der Waals surface area contributed by atoms with Gasteiger partial charge < -0.3 is 26.8 Å². The number of guanidine groups is 1. The second kappa shape index (κ2) is 12.4. The number of nitro groups is 1. The lowest BCUT2D eigenvalue weighted by molar-refractivity contribution is -0.525. The Balaban J connectivity index is 2.80. The van der Waals surface area contributed by atoms with Gasteiger partial charge in [0.1, 0.15) is 17.7 Å². The third-order valence-corrected chi connectivity index (χ3v) is 4.39. The summed E-state index contributed by atoms with van der Waals surface area (Å²) >= 11 is 0. The molecule has 0 saturated carbocycles. The van der Waals surface area contributed by atoms with Crippen LogP contribution < -0.4 is 27.5 Å². The molecule has 1 rings (SSSR count). The van der Waals surface area contributed by atoms with Crippen molar-refractivity contribution in [1.82, 2.24) is 21.0 Å². The zero-order valence-corrected chi connectivity index (χ0v) is 19.0. The maximum atomic E-state index is 12.9. The van der Waals surface area contributed by atoms with Crippen LogP contribution in [0.4, 0.5) is 4.79 Å². The van der Waals surface area contributed by atoms with Gasteiger partial charge in [-0.2, -0.15) is 0 Å². The predicted octanol–water partition coefficient (Wildman–Crippen LogP) is -1.65. The van der Waals surface area contributed by atoms with Gasteiger partial charge in [0.25, 0.3) is 5.96 Å². The highest BCUT2D eigenvalue weighted by Gasteiger charge is 2.37. The highest BCUT2D eigenvalue weighted by atomic mass is 16.7. The Bertz CT molecular complexity index is 780. The molecule has 1 fully saturated rings. The predicted molar refractivity (Wildman–Crippen MR) is 116 cm³/mol.